The average molecular weight is 219 g/mol. The molecule has 16 heavy (non-hydrogen) atoms. The van der Waals surface area contributed by atoms with Crippen molar-refractivity contribution in [2.45, 2.75) is 6.92 Å². The number of hydrazine groups is 1. The summed E-state index contributed by atoms with van der Waals surface area (Å²) in [7, 11) is 0. The van der Waals surface area contributed by atoms with Gasteiger partial charge in [-0.1, -0.05) is 0 Å². The maximum atomic E-state index is 11.1. The fourth-order valence-electron chi connectivity index (χ4n) is 1.89. The molecule has 1 aliphatic heterocycles. The van der Waals surface area contributed by atoms with Crippen molar-refractivity contribution in [1.82, 2.24) is 5.01 Å². The number of Topliss-reactive ketones (excluding diaryl/α,β-unsaturated/α-hetero) is 1. The van der Waals surface area contributed by atoms with Gasteiger partial charge < -0.3 is 4.90 Å². The number of hydrogen-bond donors (Lipinski definition) is 1. The van der Waals surface area contributed by atoms with Crippen molar-refractivity contribution in [3.63, 3.8) is 0 Å². The molecule has 0 spiro atoms. The molecule has 1 fully saturated rings. The van der Waals surface area contributed by atoms with Gasteiger partial charge in [0.15, 0.2) is 5.78 Å². The molecule has 2 rings (SSSR count). The maximum absolute atomic E-state index is 11.1. The molecule has 1 aliphatic rings. The summed E-state index contributed by atoms with van der Waals surface area (Å²) in [6.07, 6.45) is 0. The molecule has 0 aromatic heterocycles. The third-order valence-electron chi connectivity index (χ3n) is 2.95. The molecule has 4 nitrogen and oxygen atoms in total. The van der Waals surface area contributed by atoms with Crippen molar-refractivity contribution in [2.24, 2.45) is 5.84 Å². The van der Waals surface area contributed by atoms with E-state index in [1.165, 1.54) is 0 Å². The molecule has 0 radical (unpaired) electrons. The fraction of sp³-hybridized carbons (Fsp3) is 0.417. The lowest BCUT2D eigenvalue weighted by Crippen LogP contribution is -2.49. The zero-order chi connectivity index (χ0) is 11.5. The zero-order valence-electron chi connectivity index (χ0n) is 9.52. The van der Waals surface area contributed by atoms with E-state index in [0.29, 0.717) is 0 Å². The number of carbonyl (C=O) groups excluding carboxylic acids is 1. The van der Waals surface area contributed by atoms with E-state index in [1.807, 2.05) is 29.3 Å². The van der Waals surface area contributed by atoms with E-state index in [0.717, 1.165) is 37.4 Å². The highest BCUT2D eigenvalue weighted by Crippen LogP contribution is 2.16. The van der Waals surface area contributed by atoms with Gasteiger partial charge in [0, 0.05) is 37.4 Å². The third kappa shape index (κ3) is 2.40. The van der Waals surface area contributed by atoms with Gasteiger partial charge in [-0.25, -0.2) is 5.01 Å². The van der Waals surface area contributed by atoms with Crippen LogP contribution in [0.5, 0.6) is 0 Å². The van der Waals surface area contributed by atoms with E-state index in [4.69, 9.17) is 5.84 Å². The first-order valence-electron chi connectivity index (χ1n) is 5.52. The Balaban J connectivity index is 2.07. The van der Waals surface area contributed by atoms with Crippen LogP contribution in [-0.2, 0) is 0 Å². The van der Waals surface area contributed by atoms with E-state index >= 15 is 0 Å². The minimum Gasteiger partial charge on any atom is -0.369 e. The summed E-state index contributed by atoms with van der Waals surface area (Å²) in [6, 6.07) is 7.77. The van der Waals surface area contributed by atoms with Crippen molar-refractivity contribution in [3.8, 4) is 0 Å². The number of piperazine rings is 1. The predicted octanol–water partition coefficient (Wildman–Crippen LogP) is 0.885. The Morgan fingerprint density at radius 2 is 1.69 bits per heavy atom. The van der Waals surface area contributed by atoms with Gasteiger partial charge >= 0.3 is 0 Å². The number of carbonyl (C=O) groups is 1. The standard InChI is InChI=1S/C12H17N3O/c1-10(16)11-2-4-12(5-3-11)14-6-8-15(13)9-7-14/h2-5H,6-9,13H2,1H3. The van der Waals surface area contributed by atoms with Gasteiger partial charge in [0.1, 0.15) is 0 Å². The monoisotopic (exact) mass is 219 g/mol. The molecule has 1 saturated heterocycles. The van der Waals surface area contributed by atoms with E-state index in [1.54, 1.807) is 6.92 Å². The van der Waals surface area contributed by atoms with Crippen LogP contribution in [0.1, 0.15) is 17.3 Å². The first kappa shape index (κ1) is 11.1. The van der Waals surface area contributed by atoms with Gasteiger partial charge in [-0.05, 0) is 31.2 Å². The van der Waals surface area contributed by atoms with E-state index in [2.05, 4.69) is 4.90 Å². The molecule has 1 heterocycles. The molecule has 0 bridgehead atoms. The summed E-state index contributed by atoms with van der Waals surface area (Å²) in [5.74, 6) is 5.81. The Morgan fingerprint density at radius 3 is 2.19 bits per heavy atom. The van der Waals surface area contributed by atoms with Crippen LogP contribution in [0.3, 0.4) is 0 Å². The maximum Gasteiger partial charge on any atom is 0.159 e. The number of anilines is 1. The van der Waals surface area contributed by atoms with Gasteiger partial charge in [-0.2, -0.15) is 0 Å². The molecular weight excluding hydrogens is 202 g/mol. The first-order chi connectivity index (χ1) is 7.66. The minimum atomic E-state index is 0.110. The van der Waals surface area contributed by atoms with E-state index < -0.39 is 0 Å². The molecular formula is C12H17N3O. The number of nitrogens with zero attached hydrogens (tertiary/aromatic N) is 2. The summed E-state index contributed by atoms with van der Waals surface area (Å²) >= 11 is 0. The second-order valence-corrected chi connectivity index (χ2v) is 4.13. The van der Waals surface area contributed by atoms with Crippen LogP contribution in [0.15, 0.2) is 24.3 Å². The zero-order valence-corrected chi connectivity index (χ0v) is 9.52. The molecule has 0 atom stereocenters. The molecule has 0 aliphatic carbocycles. The smallest absolute Gasteiger partial charge is 0.159 e. The highest BCUT2D eigenvalue weighted by molar-refractivity contribution is 5.94. The Kier molecular flexibility index (Phi) is 3.22. The molecule has 1 aromatic rings. The number of hydrogen-bond acceptors (Lipinski definition) is 4. The molecule has 0 amide bonds. The lowest BCUT2D eigenvalue weighted by Gasteiger charge is -2.33. The normalized spacial score (nSPS) is 17.5. The van der Waals surface area contributed by atoms with Crippen molar-refractivity contribution in [3.05, 3.63) is 29.8 Å². The van der Waals surface area contributed by atoms with Crippen LogP contribution in [0.2, 0.25) is 0 Å². The Morgan fingerprint density at radius 1 is 1.12 bits per heavy atom. The highest BCUT2D eigenvalue weighted by atomic mass is 16.1. The van der Waals surface area contributed by atoms with Gasteiger partial charge in [-0.15, -0.1) is 0 Å². The SMILES string of the molecule is CC(=O)c1ccc(N2CCN(N)CC2)cc1. The average Bonchev–Trinajstić information content (AvgIpc) is 2.30. The molecule has 0 unspecified atom stereocenters. The Bertz CT molecular complexity index is 366. The van der Waals surface area contributed by atoms with Gasteiger partial charge in [0.05, 0.1) is 0 Å². The lowest BCUT2D eigenvalue weighted by atomic mass is 10.1. The van der Waals surface area contributed by atoms with Crippen molar-refractivity contribution in [2.75, 3.05) is 31.1 Å². The predicted molar refractivity (Wildman–Crippen MR) is 64.4 cm³/mol. The number of nitrogens with two attached hydrogens (primary N) is 1. The quantitative estimate of drug-likeness (QED) is 0.592. The molecule has 2 N–H and O–H groups in total. The summed E-state index contributed by atoms with van der Waals surface area (Å²) in [5.41, 5.74) is 1.93. The Hall–Kier alpha value is -1.39. The highest BCUT2D eigenvalue weighted by Gasteiger charge is 2.14. The van der Waals surface area contributed by atoms with Crippen LogP contribution in [0.25, 0.3) is 0 Å². The van der Waals surface area contributed by atoms with Gasteiger partial charge in [-0.3, -0.25) is 10.6 Å². The number of benzene rings is 1. The fourth-order valence-corrected chi connectivity index (χ4v) is 1.89. The second kappa shape index (κ2) is 4.63. The summed E-state index contributed by atoms with van der Waals surface area (Å²) < 4.78 is 0. The van der Waals surface area contributed by atoms with E-state index in [-0.39, 0.29) is 5.78 Å². The van der Waals surface area contributed by atoms with Crippen LogP contribution < -0.4 is 10.7 Å². The van der Waals surface area contributed by atoms with Crippen LogP contribution >= 0.6 is 0 Å². The number of ketones is 1. The second-order valence-electron chi connectivity index (χ2n) is 4.13. The molecule has 4 heteroatoms. The molecule has 1 aromatic carbocycles. The molecule has 86 valence electrons. The Labute approximate surface area is 95.6 Å². The largest absolute Gasteiger partial charge is 0.369 e. The van der Waals surface area contributed by atoms with Crippen LogP contribution in [0, 0.1) is 0 Å². The number of rotatable bonds is 2. The first-order valence-corrected chi connectivity index (χ1v) is 5.52. The van der Waals surface area contributed by atoms with Gasteiger partial charge in [0.2, 0.25) is 0 Å². The summed E-state index contributed by atoms with van der Waals surface area (Å²) in [6.45, 7) is 5.23. The van der Waals surface area contributed by atoms with Crippen LogP contribution in [-0.4, -0.2) is 37.0 Å². The topological polar surface area (TPSA) is 49.6 Å². The molecule has 0 saturated carbocycles. The van der Waals surface area contributed by atoms with Gasteiger partial charge in [0.25, 0.3) is 0 Å². The van der Waals surface area contributed by atoms with Crippen molar-refractivity contribution in [1.29, 1.82) is 0 Å². The summed E-state index contributed by atoms with van der Waals surface area (Å²) in [4.78, 5) is 13.4. The van der Waals surface area contributed by atoms with Crippen molar-refractivity contribution < 1.29 is 4.79 Å². The van der Waals surface area contributed by atoms with Crippen LogP contribution in [0.4, 0.5) is 5.69 Å². The summed E-state index contributed by atoms with van der Waals surface area (Å²) in [5, 5.41) is 1.83. The van der Waals surface area contributed by atoms with Crippen molar-refractivity contribution >= 4 is 11.5 Å². The lowest BCUT2D eigenvalue weighted by molar-refractivity contribution is 0.101. The van der Waals surface area contributed by atoms with E-state index in [9.17, 15) is 4.79 Å². The third-order valence-corrected chi connectivity index (χ3v) is 2.95. The minimum absolute atomic E-state index is 0.110.